The van der Waals surface area contributed by atoms with Gasteiger partial charge in [0.25, 0.3) is 5.56 Å². The van der Waals surface area contributed by atoms with E-state index in [0.717, 1.165) is 17.1 Å². The molecule has 0 aliphatic carbocycles. The molecule has 0 spiro atoms. The van der Waals surface area contributed by atoms with Crippen molar-refractivity contribution in [2.45, 2.75) is 19.1 Å². The van der Waals surface area contributed by atoms with E-state index >= 15 is 0 Å². The van der Waals surface area contributed by atoms with E-state index < -0.39 is 29.8 Å². The molecular formula is C13H15F3N2O3. The highest BCUT2D eigenvalue weighted by atomic mass is 19.4. The fourth-order valence-corrected chi connectivity index (χ4v) is 2.04. The van der Waals surface area contributed by atoms with Crippen molar-refractivity contribution in [1.82, 2.24) is 9.88 Å². The summed E-state index contributed by atoms with van der Waals surface area (Å²) in [4.78, 5) is 23.2. The Morgan fingerprint density at radius 3 is 2.81 bits per heavy atom. The van der Waals surface area contributed by atoms with E-state index in [-0.39, 0.29) is 5.92 Å². The fourth-order valence-electron chi connectivity index (χ4n) is 2.04. The maximum Gasteiger partial charge on any atom is 0.417 e. The van der Waals surface area contributed by atoms with Gasteiger partial charge in [0.15, 0.2) is 0 Å². The summed E-state index contributed by atoms with van der Waals surface area (Å²) in [5.74, 6) is -0.282. The lowest BCUT2D eigenvalue weighted by Crippen LogP contribution is -2.35. The van der Waals surface area contributed by atoms with Crippen LogP contribution in [0, 0.1) is 5.92 Å². The summed E-state index contributed by atoms with van der Waals surface area (Å²) in [7, 11) is 0. The molecular weight excluding hydrogens is 289 g/mol. The number of hydrogen-bond acceptors (Lipinski definition) is 3. The number of amides is 1. The second kappa shape index (κ2) is 6.30. The zero-order valence-electron chi connectivity index (χ0n) is 11.2. The third kappa shape index (κ3) is 4.32. The van der Waals surface area contributed by atoms with E-state index in [9.17, 15) is 22.8 Å². The van der Waals surface area contributed by atoms with E-state index in [1.807, 2.05) is 0 Å². The molecule has 1 atom stereocenters. The van der Waals surface area contributed by atoms with Gasteiger partial charge in [0.05, 0.1) is 12.2 Å². The molecule has 1 aromatic rings. The lowest BCUT2D eigenvalue weighted by atomic mass is 10.1. The normalized spacial score (nSPS) is 18.7. The second-order valence-corrected chi connectivity index (χ2v) is 4.92. The largest absolute Gasteiger partial charge is 0.417 e. The lowest BCUT2D eigenvalue weighted by molar-refractivity contribution is -0.138. The van der Waals surface area contributed by atoms with Crippen LogP contribution in [0.15, 0.2) is 23.1 Å². The van der Waals surface area contributed by atoms with Crippen molar-refractivity contribution in [2.75, 3.05) is 19.8 Å². The third-order valence-electron chi connectivity index (χ3n) is 3.24. The molecule has 1 aliphatic heterocycles. The van der Waals surface area contributed by atoms with Gasteiger partial charge in [-0.25, -0.2) is 0 Å². The van der Waals surface area contributed by atoms with Crippen molar-refractivity contribution < 1.29 is 22.7 Å². The quantitative estimate of drug-likeness (QED) is 0.903. The number of nitrogens with zero attached hydrogens (tertiary/aromatic N) is 1. The minimum Gasteiger partial charge on any atom is -0.381 e. The van der Waals surface area contributed by atoms with Crippen LogP contribution in [0.3, 0.4) is 0 Å². The Balaban J connectivity index is 1.97. The fraction of sp³-hybridized carbons (Fsp3) is 0.538. The molecule has 0 unspecified atom stereocenters. The predicted molar refractivity (Wildman–Crippen MR) is 67.6 cm³/mol. The van der Waals surface area contributed by atoms with Gasteiger partial charge in [-0.2, -0.15) is 13.2 Å². The summed E-state index contributed by atoms with van der Waals surface area (Å²) < 4.78 is 43.6. The molecule has 1 amide bonds. The van der Waals surface area contributed by atoms with Crippen LogP contribution in [0.2, 0.25) is 0 Å². The first kappa shape index (κ1) is 15.6. The first-order valence-corrected chi connectivity index (χ1v) is 6.48. The monoisotopic (exact) mass is 304 g/mol. The van der Waals surface area contributed by atoms with E-state index in [4.69, 9.17) is 4.74 Å². The number of rotatable bonds is 4. The Bertz CT molecular complexity index is 563. The minimum atomic E-state index is -4.55. The molecule has 8 heteroatoms. The molecule has 0 radical (unpaired) electrons. The van der Waals surface area contributed by atoms with Crippen molar-refractivity contribution in [2.24, 2.45) is 5.92 Å². The van der Waals surface area contributed by atoms with Crippen LogP contribution in [0.25, 0.3) is 0 Å². The number of alkyl halides is 3. The molecule has 1 aromatic heterocycles. The molecule has 0 saturated carbocycles. The minimum absolute atomic E-state index is 0.215. The average Bonchev–Trinajstić information content (AvgIpc) is 2.91. The van der Waals surface area contributed by atoms with Crippen LogP contribution in [0.5, 0.6) is 0 Å². The van der Waals surface area contributed by atoms with Gasteiger partial charge in [-0.3, -0.25) is 9.59 Å². The molecule has 1 aliphatic rings. The lowest BCUT2D eigenvalue weighted by Gasteiger charge is -2.12. The number of nitrogens with one attached hydrogen (secondary N) is 1. The van der Waals surface area contributed by atoms with Gasteiger partial charge < -0.3 is 14.6 Å². The predicted octanol–water partition coefficient (Wildman–Crippen LogP) is 1.02. The van der Waals surface area contributed by atoms with Gasteiger partial charge in [0.2, 0.25) is 5.91 Å². The number of carbonyl (C=O) groups is 1. The number of aromatic nitrogens is 1. The third-order valence-corrected chi connectivity index (χ3v) is 3.24. The first-order valence-electron chi connectivity index (χ1n) is 6.48. The van der Waals surface area contributed by atoms with Gasteiger partial charge in [-0.05, 0) is 12.5 Å². The molecule has 0 bridgehead atoms. The Morgan fingerprint density at radius 1 is 1.43 bits per heavy atom. The van der Waals surface area contributed by atoms with Crippen molar-refractivity contribution >= 4 is 5.91 Å². The summed E-state index contributed by atoms with van der Waals surface area (Å²) in [6, 6.07) is 1.51. The highest BCUT2D eigenvalue weighted by Crippen LogP contribution is 2.27. The molecule has 5 nitrogen and oxygen atoms in total. The maximum atomic E-state index is 12.6. The standard InChI is InChI=1S/C13H15F3N2O3/c14-13(15,16)10-1-2-12(20)18(6-10)7-11(19)17-5-9-3-4-21-8-9/h1-2,6,9H,3-5,7-8H2,(H,17,19)/t9-/m1/s1. The number of pyridine rings is 1. The van der Waals surface area contributed by atoms with Crippen LogP contribution in [-0.2, 0) is 22.3 Å². The molecule has 2 rings (SSSR count). The highest BCUT2D eigenvalue weighted by molar-refractivity contribution is 5.75. The summed E-state index contributed by atoms with van der Waals surface area (Å²) >= 11 is 0. The van der Waals surface area contributed by atoms with E-state index in [0.29, 0.717) is 32.0 Å². The molecule has 1 N–H and O–H groups in total. The zero-order valence-corrected chi connectivity index (χ0v) is 11.2. The summed E-state index contributed by atoms with van der Waals surface area (Å²) in [5, 5.41) is 2.60. The van der Waals surface area contributed by atoms with E-state index in [1.54, 1.807) is 0 Å². The summed E-state index contributed by atoms with van der Waals surface area (Å²) in [6.07, 6.45) is -3.06. The van der Waals surface area contributed by atoms with Crippen molar-refractivity contribution in [3.63, 3.8) is 0 Å². The maximum absolute atomic E-state index is 12.6. The molecule has 1 saturated heterocycles. The van der Waals surface area contributed by atoms with E-state index in [1.165, 1.54) is 0 Å². The van der Waals surface area contributed by atoms with Gasteiger partial charge in [0, 0.05) is 31.3 Å². The Labute approximate surface area is 118 Å². The summed E-state index contributed by atoms with van der Waals surface area (Å²) in [6.45, 7) is 1.17. The van der Waals surface area contributed by atoms with Crippen molar-refractivity contribution in [3.05, 3.63) is 34.2 Å². The molecule has 1 fully saturated rings. The van der Waals surface area contributed by atoms with Gasteiger partial charge in [-0.15, -0.1) is 0 Å². The van der Waals surface area contributed by atoms with Crippen LogP contribution >= 0.6 is 0 Å². The highest BCUT2D eigenvalue weighted by Gasteiger charge is 2.31. The first-order chi connectivity index (χ1) is 9.86. The number of halogens is 3. The summed E-state index contributed by atoms with van der Waals surface area (Å²) in [5.41, 5.74) is -1.61. The van der Waals surface area contributed by atoms with Crippen molar-refractivity contribution in [1.29, 1.82) is 0 Å². The smallest absolute Gasteiger partial charge is 0.381 e. The van der Waals surface area contributed by atoms with Crippen LogP contribution < -0.4 is 10.9 Å². The second-order valence-electron chi connectivity index (χ2n) is 4.92. The molecule has 0 aromatic carbocycles. The Kier molecular flexibility index (Phi) is 4.66. The average molecular weight is 304 g/mol. The van der Waals surface area contributed by atoms with Gasteiger partial charge in [0.1, 0.15) is 6.54 Å². The Hall–Kier alpha value is -1.83. The van der Waals surface area contributed by atoms with Crippen LogP contribution in [0.4, 0.5) is 13.2 Å². The number of carbonyl (C=O) groups excluding carboxylic acids is 1. The SMILES string of the molecule is O=C(Cn1cc(C(F)(F)F)ccc1=O)NC[C@H]1CCOC1. The van der Waals surface area contributed by atoms with Crippen LogP contribution in [-0.4, -0.2) is 30.2 Å². The number of hydrogen-bond donors (Lipinski definition) is 1. The zero-order chi connectivity index (χ0) is 15.5. The Morgan fingerprint density at radius 2 is 2.19 bits per heavy atom. The van der Waals surface area contributed by atoms with E-state index in [2.05, 4.69) is 5.32 Å². The van der Waals surface area contributed by atoms with Crippen molar-refractivity contribution in [3.8, 4) is 0 Å². The van der Waals surface area contributed by atoms with Gasteiger partial charge >= 0.3 is 6.18 Å². The van der Waals surface area contributed by atoms with Crippen LogP contribution in [0.1, 0.15) is 12.0 Å². The van der Waals surface area contributed by atoms with Gasteiger partial charge in [-0.1, -0.05) is 0 Å². The molecule has 116 valence electrons. The molecule has 2 heterocycles. The molecule has 21 heavy (non-hydrogen) atoms. The topological polar surface area (TPSA) is 60.3 Å². The number of ether oxygens (including phenoxy) is 1.